The van der Waals surface area contributed by atoms with Crippen LogP contribution in [0.3, 0.4) is 0 Å². The van der Waals surface area contributed by atoms with Crippen LogP contribution in [0.15, 0.2) is 71.1 Å². The highest BCUT2D eigenvalue weighted by Crippen LogP contribution is 2.40. The van der Waals surface area contributed by atoms with Crippen molar-refractivity contribution in [2.75, 3.05) is 26.4 Å². The van der Waals surface area contributed by atoms with Crippen LogP contribution in [0.4, 0.5) is 5.69 Å². The zero-order chi connectivity index (χ0) is 31.4. The Hall–Kier alpha value is -4.67. The van der Waals surface area contributed by atoms with Gasteiger partial charge in [-0.2, -0.15) is 0 Å². The minimum atomic E-state index is -0.916. The van der Waals surface area contributed by atoms with Crippen molar-refractivity contribution in [3.63, 3.8) is 0 Å². The van der Waals surface area contributed by atoms with Crippen LogP contribution < -0.4 is 10.1 Å². The van der Waals surface area contributed by atoms with E-state index in [-0.39, 0.29) is 36.0 Å². The van der Waals surface area contributed by atoms with Gasteiger partial charge in [0.2, 0.25) is 0 Å². The minimum absolute atomic E-state index is 0.0588. The molecule has 0 bridgehead atoms. The molecule has 0 aliphatic carbocycles. The van der Waals surface area contributed by atoms with E-state index in [1.54, 1.807) is 33.8 Å². The van der Waals surface area contributed by atoms with Gasteiger partial charge in [-0.05, 0) is 56.9 Å². The molecule has 1 N–H and O–H groups in total. The number of aryl methyl sites for hydroxylation is 1. The predicted octanol–water partition coefficient (Wildman–Crippen LogP) is 5.29. The van der Waals surface area contributed by atoms with Crippen molar-refractivity contribution in [1.82, 2.24) is 5.32 Å². The smallest absolute Gasteiger partial charge is 0.336 e. The summed E-state index contributed by atoms with van der Waals surface area (Å²) >= 11 is 0. The second-order valence-corrected chi connectivity index (χ2v) is 9.87. The van der Waals surface area contributed by atoms with Gasteiger partial charge in [-0.3, -0.25) is 14.9 Å². The van der Waals surface area contributed by atoms with Crippen molar-refractivity contribution in [3.8, 4) is 5.75 Å². The Morgan fingerprint density at radius 2 is 1.51 bits per heavy atom. The normalized spacial score (nSPS) is 14.6. The number of hydrogen-bond donors (Lipinski definition) is 1. The fourth-order valence-electron chi connectivity index (χ4n) is 4.70. The van der Waals surface area contributed by atoms with Crippen molar-refractivity contribution < 1.29 is 38.3 Å². The molecule has 0 saturated carbocycles. The lowest BCUT2D eigenvalue weighted by molar-refractivity contribution is -0.384. The average Bonchev–Trinajstić information content (AvgIpc) is 2.99. The van der Waals surface area contributed by atoms with Crippen LogP contribution in [-0.2, 0) is 35.0 Å². The lowest BCUT2D eigenvalue weighted by Gasteiger charge is -2.30. The van der Waals surface area contributed by atoms with Crippen LogP contribution in [-0.4, -0.2) is 49.3 Å². The summed E-state index contributed by atoms with van der Waals surface area (Å²) < 4.78 is 21.7. The largest absolute Gasteiger partial charge is 0.493 e. The number of nitro groups is 1. The maximum Gasteiger partial charge on any atom is 0.336 e. The molecule has 1 aliphatic heterocycles. The average molecular weight is 595 g/mol. The number of allylic oxidation sites excluding steroid dienone is 2. The zero-order valence-electron chi connectivity index (χ0n) is 25.0. The first-order valence-corrected chi connectivity index (χ1v) is 14.3. The number of carbonyl (C=O) groups excluding carboxylic acids is 3. The molecule has 3 rings (SSSR count). The van der Waals surface area contributed by atoms with Gasteiger partial charge in [-0.1, -0.05) is 31.2 Å². The number of benzene rings is 2. The number of non-ortho nitro benzene ring substituents is 1. The Balaban J connectivity index is 1.61. The molecule has 0 saturated heterocycles. The Kier molecular flexibility index (Phi) is 12.3. The molecule has 11 heteroatoms. The van der Waals surface area contributed by atoms with E-state index in [1.807, 2.05) is 24.3 Å². The van der Waals surface area contributed by atoms with Crippen LogP contribution in [0.1, 0.15) is 64.0 Å². The van der Waals surface area contributed by atoms with Crippen LogP contribution in [0, 0.1) is 10.1 Å². The third-order valence-electron chi connectivity index (χ3n) is 6.77. The number of nitrogens with one attached hydrogen (secondary N) is 1. The van der Waals surface area contributed by atoms with Gasteiger partial charge in [0, 0.05) is 36.4 Å². The summed E-state index contributed by atoms with van der Waals surface area (Å²) in [6.45, 7) is 7.69. The highest BCUT2D eigenvalue weighted by molar-refractivity contribution is 6.00. The molecule has 1 aliphatic rings. The van der Waals surface area contributed by atoms with Crippen molar-refractivity contribution in [3.05, 3.63) is 92.3 Å². The Morgan fingerprint density at radius 3 is 2.14 bits per heavy atom. The number of dihydropyridines is 1. The molecule has 0 aromatic heterocycles. The van der Waals surface area contributed by atoms with E-state index in [0.29, 0.717) is 48.8 Å². The van der Waals surface area contributed by atoms with Crippen molar-refractivity contribution in [2.45, 2.75) is 59.3 Å². The van der Waals surface area contributed by atoms with Crippen LogP contribution >= 0.6 is 0 Å². The molecule has 1 heterocycles. The van der Waals surface area contributed by atoms with Gasteiger partial charge in [-0.15, -0.1) is 0 Å². The fourth-order valence-corrected chi connectivity index (χ4v) is 4.70. The number of ether oxygens (including phenoxy) is 4. The summed E-state index contributed by atoms with van der Waals surface area (Å²) in [5.74, 6) is -1.72. The Bertz CT molecular complexity index is 1380. The van der Waals surface area contributed by atoms with Crippen molar-refractivity contribution in [1.29, 1.82) is 0 Å². The molecular formula is C32H38N2O9. The standard InChI is InChI=1S/C32H38N2O9/c1-5-27(35)42-17-8-10-23-13-15-26(16-14-23)41-18-9-19-43-32(37)29-22(4)33-21(3)28(31(36)40-6-2)30(29)24-11-7-12-25(20-24)34(38)39/h7,11-16,20,30,33H,5-6,8-10,17-19H2,1-4H3. The molecule has 2 aromatic carbocycles. The molecule has 2 aromatic rings. The predicted molar refractivity (Wildman–Crippen MR) is 158 cm³/mol. The van der Waals surface area contributed by atoms with E-state index in [1.165, 1.54) is 18.2 Å². The van der Waals surface area contributed by atoms with E-state index in [9.17, 15) is 24.5 Å². The third-order valence-corrected chi connectivity index (χ3v) is 6.77. The molecule has 0 spiro atoms. The van der Waals surface area contributed by atoms with Gasteiger partial charge < -0.3 is 24.3 Å². The fraction of sp³-hybridized carbons (Fsp3) is 0.406. The first kappa shape index (κ1) is 32.8. The summed E-state index contributed by atoms with van der Waals surface area (Å²) in [6, 6.07) is 13.5. The Morgan fingerprint density at radius 1 is 0.860 bits per heavy atom. The van der Waals surface area contributed by atoms with E-state index in [2.05, 4.69) is 5.32 Å². The molecule has 43 heavy (non-hydrogen) atoms. The maximum absolute atomic E-state index is 13.4. The number of rotatable bonds is 15. The SMILES string of the molecule is CCOC(=O)C1=C(C)NC(C)=C(C(=O)OCCCOc2ccc(CCCOC(=O)CC)cc2)C1c1cccc([N+](=O)[O-])c1. The molecule has 230 valence electrons. The van der Waals surface area contributed by atoms with Gasteiger partial charge in [0.1, 0.15) is 5.75 Å². The van der Waals surface area contributed by atoms with Gasteiger partial charge in [0.05, 0.1) is 48.4 Å². The number of carbonyl (C=O) groups is 3. The number of nitro benzene ring substituents is 1. The molecule has 1 unspecified atom stereocenters. The summed E-state index contributed by atoms with van der Waals surface area (Å²) in [6.07, 6.45) is 2.30. The van der Waals surface area contributed by atoms with E-state index < -0.39 is 22.8 Å². The second kappa shape index (κ2) is 16.1. The van der Waals surface area contributed by atoms with Crippen LogP contribution in [0.25, 0.3) is 0 Å². The summed E-state index contributed by atoms with van der Waals surface area (Å²) in [7, 11) is 0. The topological polar surface area (TPSA) is 143 Å². The zero-order valence-corrected chi connectivity index (χ0v) is 25.0. The monoisotopic (exact) mass is 594 g/mol. The van der Waals surface area contributed by atoms with Gasteiger partial charge in [0.15, 0.2) is 0 Å². The molecule has 0 amide bonds. The highest BCUT2D eigenvalue weighted by Gasteiger charge is 2.38. The molecular weight excluding hydrogens is 556 g/mol. The molecule has 11 nitrogen and oxygen atoms in total. The summed E-state index contributed by atoms with van der Waals surface area (Å²) in [5, 5.41) is 14.5. The summed E-state index contributed by atoms with van der Waals surface area (Å²) in [4.78, 5) is 48.5. The first-order valence-electron chi connectivity index (χ1n) is 14.3. The molecule has 1 atom stereocenters. The number of nitrogens with zero attached hydrogens (tertiary/aromatic N) is 1. The van der Waals surface area contributed by atoms with E-state index in [4.69, 9.17) is 18.9 Å². The van der Waals surface area contributed by atoms with Crippen LogP contribution in [0.5, 0.6) is 5.75 Å². The second-order valence-electron chi connectivity index (χ2n) is 9.87. The number of hydrogen-bond acceptors (Lipinski definition) is 10. The van der Waals surface area contributed by atoms with E-state index >= 15 is 0 Å². The third kappa shape index (κ3) is 9.16. The van der Waals surface area contributed by atoms with Crippen molar-refractivity contribution in [2.24, 2.45) is 0 Å². The minimum Gasteiger partial charge on any atom is -0.493 e. The van der Waals surface area contributed by atoms with Gasteiger partial charge in [-0.25, -0.2) is 9.59 Å². The first-order chi connectivity index (χ1) is 20.7. The molecule has 0 fully saturated rings. The number of esters is 3. The highest BCUT2D eigenvalue weighted by atomic mass is 16.6. The quantitative estimate of drug-likeness (QED) is 0.0949. The summed E-state index contributed by atoms with van der Waals surface area (Å²) in [5.41, 5.74) is 2.67. The van der Waals surface area contributed by atoms with Crippen molar-refractivity contribution >= 4 is 23.6 Å². The van der Waals surface area contributed by atoms with Gasteiger partial charge >= 0.3 is 17.9 Å². The van der Waals surface area contributed by atoms with Gasteiger partial charge in [0.25, 0.3) is 5.69 Å². The lowest BCUT2D eigenvalue weighted by Crippen LogP contribution is -2.32. The maximum atomic E-state index is 13.4. The van der Waals surface area contributed by atoms with E-state index in [0.717, 1.165) is 18.4 Å². The van der Waals surface area contributed by atoms with Crippen LogP contribution in [0.2, 0.25) is 0 Å². The Labute approximate surface area is 251 Å². The lowest BCUT2D eigenvalue weighted by atomic mass is 9.80. The molecule has 0 radical (unpaired) electrons.